The number of rotatable bonds is 2. The van der Waals surface area contributed by atoms with Crippen LogP contribution in [0.15, 0.2) is 0 Å². The van der Waals surface area contributed by atoms with Gasteiger partial charge in [0.2, 0.25) is 0 Å². The summed E-state index contributed by atoms with van der Waals surface area (Å²) < 4.78 is 10.0. The zero-order chi connectivity index (χ0) is 7.49. The number of carbonyl (C=O) groups is 1. The second-order valence-corrected chi connectivity index (χ2v) is 2.87. The van der Waals surface area contributed by atoms with Gasteiger partial charge in [-0.15, -0.1) is 0 Å². The van der Waals surface area contributed by atoms with E-state index in [1.54, 1.807) is 6.92 Å². The topological polar surface area (TPSA) is 86.6 Å². The molecule has 0 saturated heterocycles. The predicted molar refractivity (Wildman–Crippen MR) is 31.1 cm³/mol. The Hall–Kier alpha value is -0.380. The Morgan fingerprint density at radius 2 is 2.11 bits per heavy atom. The van der Waals surface area contributed by atoms with Crippen LogP contribution in [0.2, 0.25) is 0 Å². The average molecular weight is 153 g/mol. The molecule has 0 spiro atoms. The van der Waals surface area contributed by atoms with Gasteiger partial charge < -0.3 is 15.1 Å². The standard InChI is InChI=1S/C3H8NO4P/c1-2-4-3(5)9(6,7)8/h2H2,1H3,(H,4,5)(H2,6,7,8). The molecular weight excluding hydrogens is 145 g/mol. The molecule has 0 saturated carbocycles. The van der Waals surface area contributed by atoms with Crippen molar-refractivity contribution in [2.75, 3.05) is 6.54 Å². The minimum absolute atomic E-state index is 0.226. The molecule has 0 aliphatic heterocycles. The quantitative estimate of drug-likeness (QED) is 0.483. The summed E-state index contributed by atoms with van der Waals surface area (Å²) in [5.74, 6) is 0. The van der Waals surface area contributed by atoms with Crippen molar-refractivity contribution in [2.45, 2.75) is 6.92 Å². The van der Waals surface area contributed by atoms with Crippen LogP contribution in [0.4, 0.5) is 4.79 Å². The van der Waals surface area contributed by atoms with Crippen LogP contribution in [-0.4, -0.2) is 22.0 Å². The Morgan fingerprint density at radius 3 is 2.22 bits per heavy atom. The van der Waals surface area contributed by atoms with E-state index >= 15 is 0 Å². The van der Waals surface area contributed by atoms with Gasteiger partial charge in [0.25, 0.3) is 0 Å². The Kier molecular flexibility index (Phi) is 2.84. The summed E-state index contributed by atoms with van der Waals surface area (Å²) in [5, 5.41) is 1.98. The maximum atomic E-state index is 10.2. The van der Waals surface area contributed by atoms with Crippen LogP contribution in [0.5, 0.6) is 0 Å². The third-order valence-electron chi connectivity index (χ3n) is 0.593. The van der Waals surface area contributed by atoms with E-state index in [2.05, 4.69) is 0 Å². The van der Waals surface area contributed by atoms with E-state index in [-0.39, 0.29) is 6.54 Å². The number of nitrogens with one attached hydrogen (secondary N) is 1. The second-order valence-electron chi connectivity index (χ2n) is 1.38. The lowest BCUT2D eigenvalue weighted by atomic mass is 10.8. The zero-order valence-electron chi connectivity index (χ0n) is 4.87. The van der Waals surface area contributed by atoms with Gasteiger partial charge in [-0.1, -0.05) is 0 Å². The van der Waals surface area contributed by atoms with Gasteiger partial charge in [-0.25, -0.2) is 4.57 Å². The first-order chi connectivity index (χ1) is 3.98. The molecule has 9 heavy (non-hydrogen) atoms. The van der Waals surface area contributed by atoms with Gasteiger partial charge in [0.1, 0.15) is 0 Å². The van der Waals surface area contributed by atoms with Crippen molar-refractivity contribution in [3.8, 4) is 0 Å². The van der Waals surface area contributed by atoms with Gasteiger partial charge in [-0.2, -0.15) is 0 Å². The van der Waals surface area contributed by atoms with Crippen LogP contribution < -0.4 is 5.32 Å². The summed E-state index contributed by atoms with van der Waals surface area (Å²) in [6.45, 7) is 1.80. The van der Waals surface area contributed by atoms with Crippen LogP contribution in [0.1, 0.15) is 6.92 Å². The molecule has 3 N–H and O–H groups in total. The van der Waals surface area contributed by atoms with Crippen molar-refractivity contribution in [2.24, 2.45) is 0 Å². The first-order valence-corrected chi connectivity index (χ1v) is 3.93. The molecule has 0 fully saturated rings. The second kappa shape index (κ2) is 2.96. The number of amides is 1. The fourth-order valence-electron chi connectivity index (χ4n) is 0.254. The highest BCUT2D eigenvalue weighted by atomic mass is 31.2. The molecular formula is C3H8NO4P. The molecule has 1 amide bonds. The number of hydrogen-bond acceptors (Lipinski definition) is 2. The molecule has 0 atom stereocenters. The summed E-state index contributed by atoms with van der Waals surface area (Å²) in [7, 11) is -4.52. The molecule has 0 aromatic carbocycles. The van der Waals surface area contributed by atoms with Gasteiger partial charge in [-0.05, 0) is 6.92 Å². The van der Waals surface area contributed by atoms with E-state index in [0.29, 0.717) is 0 Å². The maximum absolute atomic E-state index is 10.2. The van der Waals surface area contributed by atoms with E-state index in [4.69, 9.17) is 9.79 Å². The van der Waals surface area contributed by atoms with Crippen LogP contribution >= 0.6 is 7.60 Å². The number of hydrogen-bond donors (Lipinski definition) is 3. The van der Waals surface area contributed by atoms with Gasteiger partial charge >= 0.3 is 13.2 Å². The van der Waals surface area contributed by atoms with E-state index < -0.39 is 13.2 Å². The van der Waals surface area contributed by atoms with E-state index in [1.165, 1.54) is 0 Å². The van der Waals surface area contributed by atoms with E-state index in [0.717, 1.165) is 0 Å². The van der Waals surface area contributed by atoms with Crippen molar-refractivity contribution in [1.29, 1.82) is 0 Å². The summed E-state index contributed by atoms with van der Waals surface area (Å²) in [4.78, 5) is 26.4. The molecule has 0 rings (SSSR count). The molecule has 0 heterocycles. The highest BCUT2D eigenvalue weighted by molar-refractivity contribution is 7.69. The number of carbonyl (C=O) groups excluding carboxylic acids is 1. The maximum Gasteiger partial charge on any atom is 0.413 e. The van der Waals surface area contributed by atoms with Crippen molar-refractivity contribution >= 4 is 13.2 Å². The highest BCUT2D eigenvalue weighted by Gasteiger charge is 2.23. The fourth-order valence-corrected chi connectivity index (χ4v) is 0.618. The molecule has 0 aromatic heterocycles. The lowest BCUT2D eigenvalue weighted by molar-refractivity contribution is 0.249. The minimum atomic E-state index is -4.52. The summed E-state index contributed by atoms with van der Waals surface area (Å²) in [6, 6.07) is 0. The zero-order valence-corrected chi connectivity index (χ0v) is 5.76. The largest absolute Gasteiger partial charge is 0.413 e. The van der Waals surface area contributed by atoms with Gasteiger partial charge in [0, 0.05) is 6.54 Å². The first kappa shape index (κ1) is 8.62. The molecule has 0 bridgehead atoms. The average Bonchev–Trinajstić information content (AvgIpc) is 1.64. The minimum Gasteiger partial charge on any atom is -0.346 e. The van der Waals surface area contributed by atoms with Crippen LogP contribution in [0.3, 0.4) is 0 Å². The Bertz CT molecular complexity index is 150. The predicted octanol–water partition coefficient (Wildman–Crippen LogP) is -0.106. The Morgan fingerprint density at radius 1 is 1.67 bits per heavy atom. The molecule has 0 aliphatic rings. The van der Waals surface area contributed by atoms with Crippen molar-refractivity contribution in [1.82, 2.24) is 5.32 Å². The monoisotopic (exact) mass is 153 g/mol. The van der Waals surface area contributed by atoms with Gasteiger partial charge in [0.15, 0.2) is 0 Å². The summed E-state index contributed by atoms with van der Waals surface area (Å²) >= 11 is 0. The van der Waals surface area contributed by atoms with Gasteiger partial charge in [0.05, 0.1) is 0 Å². The first-order valence-electron chi connectivity index (χ1n) is 2.32. The molecule has 0 aliphatic carbocycles. The van der Waals surface area contributed by atoms with Gasteiger partial charge in [-0.3, -0.25) is 4.79 Å². The van der Waals surface area contributed by atoms with Crippen molar-refractivity contribution in [3.63, 3.8) is 0 Å². The molecule has 54 valence electrons. The van der Waals surface area contributed by atoms with E-state index in [1.807, 2.05) is 5.32 Å². The SMILES string of the molecule is CCNC(=O)P(=O)(O)O. The summed E-state index contributed by atoms with van der Waals surface area (Å²) in [6.07, 6.45) is 0. The molecule has 5 nitrogen and oxygen atoms in total. The van der Waals surface area contributed by atoms with Crippen LogP contribution in [-0.2, 0) is 4.57 Å². The van der Waals surface area contributed by atoms with Crippen LogP contribution in [0.25, 0.3) is 0 Å². The fraction of sp³-hybridized carbons (Fsp3) is 0.667. The molecule has 0 radical (unpaired) electrons. The van der Waals surface area contributed by atoms with Crippen molar-refractivity contribution < 1.29 is 19.1 Å². The molecule has 6 heteroatoms. The third kappa shape index (κ3) is 3.24. The lowest BCUT2D eigenvalue weighted by Crippen LogP contribution is -2.20. The highest BCUT2D eigenvalue weighted by Crippen LogP contribution is 2.34. The molecule has 0 unspecified atom stereocenters. The Labute approximate surface area is 52.2 Å². The lowest BCUT2D eigenvalue weighted by Gasteiger charge is -2.01. The summed E-state index contributed by atoms with van der Waals surface area (Å²) in [5.41, 5.74) is -1.22. The third-order valence-corrected chi connectivity index (χ3v) is 1.28. The van der Waals surface area contributed by atoms with Crippen molar-refractivity contribution in [3.05, 3.63) is 0 Å². The van der Waals surface area contributed by atoms with E-state index in [9.17, 15) is 9.36 Å². The smallest absolute Gasteiger partial charge is 0.346 e. The molecule has 0 aromatic rings. The van der Waals surface area contributed by atoms with Crippen LogP contribution in [0, 0.1) is 0 Å². The Balaban J connectivity index is 3.90. The normalized spacial score (nSPS) is 11.0.